The van der Waals surface area contributed by atoms with E-state index < -0.39 is 31.9 Å². The molecule has 1 unspecified atom stereocenters. The van der Waals surface area contributed by atoms with Gasteiger partial charge in [-0.1, -0.05) is 22.0 Å². The lowest BCUT2D eigenvalue weighted by atomic mass is 9.81. The SMILES string of the molecule is O=C(O)C1(Cc2ccc(Br)cc2[N+](=O)[O-])CCS(=O)(=O)C1. The third-order valence-electron chi connectivity index (χ3n) is 3.61. The van der Waals surface area contributed by atoms with Crippen molar-refractivity contribution in [3.63, 3.8) is 0 Å². The van der Waals surface area contributed by atoms with Crippen LogP contribution in [0.25, 0.3) is 0 Å². The molecule has 0 spiro atoms. The van der Waals surface area contributed by atoms with Gasteiger partial charge in [0.1, 0.15) is 0 Å². The van der Waals surface area contributed by atoms with E-state index in [2.05, 4.69) is 15.9 Å². The number of aliphatic carboxylic acids is 1. The fourth-order valence-corrected chi connectivity index (χ4v) is 4.93. The molecule has 0 bridgehead atoms. The highest BCUT2D eigenvalue weighted by Crippen LogP contribution is 2.38. The van der Waals surface area contributed by atoms with Crippen LogP contribution >= 0.6 is 15.9 Å². The highest BCUT2D eigenvalue weighted by Gasteiger charge is 2.49. The molecule has 1 N–H and O–H groups in total. The summed E-state index contributed by atoms with van der Waals surface area (Å²) in [5, 5.41) is 20.5. The number of sulfone groups is 1. The van der Waals surface area contributed by atoms with E-state index in [0.29, 0.717) is 4.47 Å². The Kier molecular flexibility index (Phi) is 4.07. The molecule has 1 aliphatic rings. The summed E-state index contributed by atoms with van der Waals surface area (Å²) < 4.78 is 23.7. The summed E-state index contributed by atoms with van der Waals surface area (Å²) in [6.45, 7) is 0. The first kappa shape index (κ1) is 15.9. The van der Waals surface area contributed by atoms with Crippen molar-refractivity contribution in [3.8, 4) is 0 Å². The minimum Gasteiger partial charge on any atom is -0.481 e. The number of nitro groups is 1. The number of nitro benzene ring substituents is 1. The van der Waals surface area contributed by atoms with Gasteiger partial charge in [-0.25, -0.2) is 8.42 Å². The Hall–Kier alpha value is -1.48. The summed E-state index contributed by atoms with van der Waals surface area (Å²) in [4.78, 5) is 22.0. The number of rotatable bonds is 4. The van der Waals surface area contributed by atoms with E-state index in [1.165, 1.54) is 12.1 Å². The minimum absolute atomic E-state index is 0.0299. The van der Waals surface area contributed by atoms with Crippen LogP contribution in [0.2, 0.25) is 0 Å². The van der Waals surface area contributed by atoms with E-state index in [1.54, 1.807) is 6.07 Å². The van der Waals surface area contributed by atoms with Gasteiger partial charge in [0.15, 0.2) is 9.84 Å². The van der Waals surface area contributed by atoms with Crippen LogP contribution in [0.15, 0.2) is 22.7 Å². The molecule has 114 valence electrons. The third-order valence-corrected chi connectivity index (χ3v) is 5.93. The van der Waals surface area contributed by atoms with Gasteiger partial charge in [0.2, 0.25) is 0 Å². The van der Waals surface area contributed by atoms with E-state index >= 15 is 0 Å². The van der Waals surface area contributed by atoms with Crippen molar-refractivity contribution in [1.82, 2.24) is 0 Å². The van der Waals surface area contributed by atoms with Crippen molar-refractivity contribution in [2.75, 3.05) is 11.5 Å². The zero-order valence-corrected chi connectivity index (χ0v) is 13.2. The molecule has 1 heterocycles. The number of halogens is 1. The minimum atomic E-state index is -3.42. The second kappa shape index (κ2) is 5.38. The van der Waals surface area contributed by atoms with Crippen LogP contribution in [-0.2, 0) is 21.1 Å². The molecular formula is C12H12BrNO6S. The fourth-order valence-electron chi connectivity index (χ4n) is 2.52. The molecule has 0 saturated carbocycles. The number of carbonyl (C=O) groups is 1. The Morgan fingerprint density at radius 3 is 2.62 bits per heavy atom. The number of hydrogen-bond donors (Lipinski definition) is 1. The van der Waals surface area contributed by atoms with Crippen LogP contribution in [0.3, 0.4) is 0 Å². The Labute approximate surface area is 129 Å². The second-order valence-corrected chi connectivity index (χ2v) is 8.23. The van der Waals surface area contributed by atoms with Crippen molar-refractivity contribution >= 4 is 37.4 Å². The van der Waals surface area contributed by atoms with Gasteiger partial charge in [-0.15, -0.1) is 0 Å². The van der Waals surface area contributed by atoms with Crippen molar-refractivity contribution in [3.05, 3.63) is 38.3 Å². The molecule has 1 aliphatic heterocycles. The molecule has 1 aromatic carbocycles. The Morgan fingerprint density at radius 2 is 2.14 bits per heavy atom. The highest BCUT2D eigenvalue weighted by atomic mass is 79.9. The Morgan fingerprint density at radius 1 is 1.48 bits per heavy atom. The topological polar surface area (TPSA) is 115 Å². The van der Waals surface area contributed by atoms with E-state index in [4.69, 9.17) is 0 Å². The number of benzene rings is 1. The van der Waals surface area contributed by atoms with Crippen molar-refractivity contribution in [1.29, 1.82) is 0 Å². The van der Waals surface area contributed by atoms with Crippen LogP contribution in [0, 0.1) is 15.5 Å². The van der Waals surface area contributed by atoms with E-state index in [9.17, 15) is 28.4 Å². The first-order valence-corrected chi connectivity index (χ1v) is 8.63. The molecule has 1 aromatic rings. The molecule has 1 atom stereocenters. The lowest BCUT2D eigenvalue weighted by molar-refractivity contribution is -0.385. The van der Waals surface area contributed by atoms with Gasteiger partial charge in [0.25, 0.3) is 5.69 Å². The monoisotopic (exact) mass is 377 g/mol. The van der Waals surface area contributed by atoms with Crippen LogP contribution in [0.4, 0.5) is 5.69 Å². The average molecular weight is 378 g/mol. The smallest absolute Gasteiger partial charge is 0.311 e. The zero-order chi connectivity index (χ0) is 15.8. The highest BCUT2D eigenvalue weighted by molar-refractivity contribution is 9.10. The molecule has 7 nitrogen and oxygen atoms in total. The second-order valence-electron chi connectivity index (χ2n) is 5.13. The van der Waals surface area contributed by atoms with Crippen LogP contribution in [-0.4, -0.2) is 35.9 Å². The molecule has 9 heteroatoms. The zero-order valence-electron chi connectivity index (χ0n) is 10.8. The molecule has 0 radical (unpaired) electrons. The molecule has 21 heavy (non-hydrogen) atoms. The van der Waals surface area contributed by atoms with Gasteiger partial charge < -0.3 is 5.11 Å². The molecule has 1 saturated heterocycles. The van der Waals surface area contributed by atoms with Crippen LogP contribution < -0.4 is 0 Å². The van der Waals surface area contributed by atoms with Gasteiger partial charge in [0, 0.05) is 16.1 Å². The Bertz CT molecular complexity index is 716. The molecule has 0 aliphatic carbocycles. The summed E-state index contributed by atoms with van der Waals surface area (Å²) in [6, 6.07) is 4.31. The predicted octanol–water partition coefficient (Wildman–Crippen LogP) is 1.79. The van der Waals surface area contributed by atoms with Crippen molar-refractivity contribution < 1.29 is 23.2 Å². The van der Waals surface area contributed by atoms with Gasteiger partial charge in [0.05, 0.1) is 21.8 Å². The van der Waals surface area contributed by atoms with Gasteiger partial charge >= 0.3 is 5.97 Å². The normalized spacial score (nSPS) is 23.9. The fraction of sp³-hybridized carbons (Fsp3) is 0.417. The van der Waals surface area contributed by atoms with Crippen LogP contribution in [0.5, 0.6) is 0 Å². The summed E-state index contributed by atoms with van der Waals surface area (Å²) in [5.74, 6) is -1.92. The maximum absolute atomic E-state index is 11.6. The molecule has 0 amide bonds. The van der Waals surface area contributed by atoms with Gasteiger partial charge in [-0.05, 0) is 18.9 Å². The maximum Gasteiger partial charge on any atom is 0.311 e. The number of carboxylic acids is 1. The molecular weight excluding hydrogens is 366 g/mol. The molecule has 1 fully saturated rings. The summed E-state index contributed by atoms with van der Waals surface area (Å²) in [7, 11) is -3.42. The van der Waals surface area contributed by atoms with E-state index in [1.807, 2.05) is 0 Å². The van der Waals surface area contributed by atoms with Crippen LogP contribution in [0.1, 0.15) is 12.0 Å². The third kappa shape index (κ3) is 3.24. The predicted molar refractivity (Wildman–Crippen MR) is 77.8 cm³/mol. The summed E-state index contributed by atoms with van der Waals surface area (Å²) in [6.07, 6.45) is -0.205. The number of carboxylic acid groups (broad SMARTS) is 1. The standard InChI is InChI=1S/C12H12BrNO6S/c13-9-2-1-8(10(5-9)14(17)18)6-12(11(15)16)3-4-21(19,20)7-12/h1-2,5H,3-4,6-7H2,(H,15,16). The molecule has 2 rings (SSSR count). The maximum atomic E-state index is 11.6. The number of hydrogen-bond acceptors (Lipinski definition) is 5. The average Bonchev–Trinajstić information content (AvgIpc) is 2.68. The van der Waals surface area contributed by atoms with Gasteiger partial charge in [-0.3, -0.25) is 14.9 Å². The van der Waals surface area contributed by atoms with Crippen molar-refractivity contribution in [2.24, 2.45) is 5.41 Å². The first-order chi connectivity index (χ1) is 9.65. The molecule has 0 aromatic heterocycles. The quantitative estimate of drug-likeness (QED) is 0.631. The lowest BCUT2D eigenvalue weighted by Gasteiger charge is -2.22. The summed E-state index contributed by atoms with van der Waals surface area (Å²) >= 11 is 3.12. The largest absolute Gasteiger partial charge is 0.481 e. The summed E-state index contributed by atoms with van der Waals surface area (Å²) in [5.41, 5.74) is -1.48. The lowest BCUT2D eigenvalue weighted by Crippen LogP contribution is -2.34. The first-order valence-electron chi connectivity index (χ1n) is 6.02. The van der Waals surface area contributed by atoms with Crippen molar-refractivity contribution in [2.45, 2.75) is 12.8 Å². The van der Waals surface area contributed by atoms with E-state index in [0.717, 1.165) is 0 Å². The van der Waals surface area contributed by atoms with Gasteiger partial charge in [-0.2, -0.15) is 0 Å². The van der Waals surface area contributed by atoms with E-state index in [-0.39, 0.29) is 29.8 Å². The Balaban J connectivity index is 2.44. The number of nitrogens with zero attached hydrogens (tertiary/aromatic N) is 1.